The minimum atomic E-state index is -0.652. The number of imidazole rings is 1. The van der Waals surface area contributed by atoms with Gasteiger partial charge in [0, 0.05) is 67.1 Å². The molecule has 0 saturated heterocycles. The first-order valence-corrected chi connectivity index (χ1v) is 20.3. The molecule has 3 aromatic heterocycles. The summed E-state index contributed by atoms with van der Waals surface area (Å²) in [5.41, 5.74) is 11.0. The first kappa shape index (κ1) is 37.0. The zero-order valence-electron chi connectivity index (χ0n) is 32.4. The number of amides is 1. The molecule has 0 spiro atoms. The van der Waals surface area contributed by atoms with Crippen LogP contribution in [-0.2, 0) is 35.4 Å². The summed E-state index contributed by atoms with van der Waals surface area (Å²) in [4.78, 5) is 41.0. The van der Waals surface area contributed by atoms with Crippen LogP contribution in [0.2, 0.25) is 0 Å². The van der Waals surface area contributed by atoms with Crippen molar-refractivity contribution < 1.29 is 19.2 Å². The van der Waals surface area contributed by atoms with E-state index in [0.717, 1.165) is 69.6 Å². The molecule has 4 bridgehead atoms. The molecule has 0 radical (unpaired) electrons. The number of Topliss-reactive ketones (excluding diaryl/α,β-unsaturated/α-hetero) is 1. The van der Waals surface area contributed by atoms with Crippen LogP contribution in [0.25, 0.3) is 10.9 Å². The largest absolute Gasteiger partial charge is 0.508 e. The van der Waals surface area contributed by atoms with Crippen molar-refractivity contribution in [2.45, 2.75) is 110 Å². The maximum Gasteiger partial charge on any atom is 0.249 e. The van der Waals surface area contributed by atoms with Gasteiger partial charge in [0.15, 0.2) is 11.8 Å². The predicted octanol–water partition coefficient (Wildman–Crippen LogP) is 7.75. The Kier molecular flexibility index (Phi) is 10.3. The zero-order chi connectivity index (χ0) is 38.3. The highest BCUT2D eigenvalue weighted by molar-refractivity contribution is 5.88. The number of ketones is 1. The number of phenolic OH excluding ortho intramolecular Hbond substituents is 1. The molecule has 1 amide bonds. The molecule has 3 atom stereocenters. The van der Waals surface area contributed by atoms with Crippen molar-refractivity contribution in [3.05, 3.63) is 89.0 Å². The first-order valence-electron chi connectivity index (χ1n) is 20.3. The SMILES string of the molecule is Cc1cc(O)cc(C)c1C[C@H](CC(=O)[C@H](C)CCCn1ccnc1N)C(=O)N[C@@H](Cc1c[nH]c2ccccc12)c1nc(CC23CC4CC(CC(C4)C2)C3)no1. The number of carbonyl (C=O) groups is 2. The molecular formula is C44H55N7O4. The van der Waals surface area contributed by atoms with E-state index < -0.39 is 12.0 Å². The fourth-order valence-electron chi connectivity index (χ4n) is 10.8. The quantitative estimate of drug-likeness (QED) is 0.0796. The number of benzene rings is 2. The molecule has 11 nitrogen and oxygen atoms in total. The van der Waals surface area contributed by atoms with Gasteiger partial charge in [-0.05, 0) is 135 Å². The number of nitrogen functional groups attached to an aromatic ring is 1. The monoisotopic (exact) mass is 745 g/mol. The van der Waals surface area contributed by atoms with Crippen LogP contribution in [0.1, 0.15) is 105 Å². The second kappa shape index (κ2) is 15.3. The van der Waals surface area contributed by atoms with Gasteiger partial charge in [-0.1, -0.05) is 30.3 Å². The van der Waals surface area contributed by atoms with Crippen LogP contribution in [0, 0.1) is 48.9 Å². The molecule has 55 heavy (non-hydrogen) atoms. The van der Waals surface area contributed by atoms with Gasteiger partial charge in [-0.25, -0.2) is 4.98 Å². The number of hydrogen-bond donors (Lipinski definition) is 4. The van der Waals surface area contributed by atoms with Crippen LogP contribution in [0.5, 0.6) is 5.75 Å². The number of carbonyl (C=O) groups excluding carboxylic acids is 2. The third-order valence-electron chi connectivity index (χ3n) is 13.2. The Morgan fingerprint density at radius 1 is 1.07 bits per heavy atom. The number of aryl methyl sites for hydroxylation is 3. The topological polar surface area (TPSA) is 165 Å². The minimum absolute atomic E-state index is 0.0386. The zero-order valence-corrected chi connectivity index (χ0v) is 32.4. The number of nitrogens with two attached hydrogens (primary N) is 1. The molecule has 0 aliphatic heterocycles. The van der Waals surface area contributed by atoms with Crippen molar-refractivity contribution in [2.24, 2.45) is 35.0 Å². The summed E-state index contributed by atoms with van der Waals surface area (Å²) in [5.74, 6) is 3.15. The number of fused-ring (bicyclic) bond motifs is 1. The number of phenols is 1. The molecule has 5 N–H and O–H groups in total. The third-order valence-corrected chi connectivity index (χ3v) is 13.2. The van der Waals surface area contributed by atoms with Gasteiger partial charge in [-0.2, -0.15) is 4.98 Å². The maximum absolute atomic E-state index is 14.6. The Morgan fingerprint density at radius 2 is 1.78 bits per heavy atom. The Labute approximate surface area is 322 Å². The molecule has 2 aromatic carbocycles. The number of para-hydroxylation sites is 1. The van der Waals surface area contributed by atoms with E-state index in [2.05, 4.69) is 26.5 Å². The number of aromatic nitrogens is 5. The van der Waals surface area contributed by atoms with Gasteiger partial charge in [-0.15, -0.1) is 0 Å². The van der Waals surface area contributed by atoms with Crippen LogP contribution in [0.15, 0.2) is 59.5 Å². The first-order chi connectivity index (χ1) is 26.5. The molecule has 4 fully saturated rings. The van der Waals surface area contributed by atoms with E-state index in [-0.39, 0.29) is 35.2 Å². The standard InChI is InChI=1S/C44H55N7O4/c1-26(7-6-11-51-12-10-46-43(51)45)39(53)20-32(18-36-27(2)13-34(52)14-28(36)3)41(54)48-38(19-33-25-47-37-9-5-4-8-35(33)37)42-49-40(50-55-42)24-44-21-29-15-30(22-44)17-31(16-29)23-44/h4-5,8-10,12-14,25-26,29-32,38,47,52H,6-7,11,15-24H2,1-3H3,(H2,45,46)(H,48,54)/t26-,29?,30?,31?,32-,38+,44?/m1/s1. The molecule has 0 unspecified atom stereocenters. The predicted molar refractivity (Wildman–Crippen MR) is 211 cm³/mol. The highest BCUT2D eigenvalue weighted by Crippen LogP contribution is 2.61. The molecule has 4 saturated carbocycles. The van der Waals surface area contributed by atoms with Gasteiger partial charge < -0.3 is 30.2 Å². The lowest BCUT2D eigenvalue weighted by molar-refractivity contribution is -0.131. The van der Waals surface area contributed by atoms with Crippen molar-refractivity contribution in [3.8, 4) is 5.75 Å². The van der Waals surface area contributed by atoms with Gasteiger partial charge in [0.2, 0.25) is 11.8 Å². The molecule has 3 heterocycles. The number of anilines is 1. The molecule has 11 heteroatoms. The summed E-state index contributed by atoms with van der Waals surface area (Å²) >= 11 is 0. The van der Waals surface area contributed by atoms with Crippen molar-refractivity contribution in [2.75, 3.05) is 5.73 Å². The van der Waals surface area contributed by atoms with Crippen molar-refractivity contribution in [1.29, 1.82) is 0 Å². The normalized spacial score (nSPS) is 23.2. The fourth-order valence-corrected chi connectivity index (χ4v) is 10.8. The Hall–Kier alpha value is -4.93. The lowest BCUT2D eigenvalue weighted by Gasteiger charge is -2.56. The number of rotatable bonds is 16. The molecule has 5 aromatic rings. The smallest absolute Gasteiger partial charge is 0.249 e. The number of nitrogens with zero attached hydrogens (tertiary/aromatic N) is 4. The lowest BCUT2D eigenvalue weighted by Crippen LogP contribution is -2.47. The van der Waals surface area contributed by atoms with E-state index in [0.29, 0.717) is 37.6 Å². The molecular weight excluding hydrogens is 691 g/mol. The van der Waals surface area contributed by atoms with E-state index >= 15 is 0 Å². The Balaban J connectivity index is 1.04. The van der Waals surface area contributed by atoms with E-state index in [4.69, 9.17) is 15.2 Å². The molecule has 9 rings (SSSR count). The molecule has 290 valence electrons. The molecule has 4 aliphatic carbocycles. The summed E-state index contributed by atoms with van der Waals surface area (Å²) in [6.45, 7) is 6.48. The van der Waals surface area contributed by atoms with E-state index in [1.807, 2.05) is 55.9 Å². The number of H-pyrrole nitrogens is 1. The average molecular weight is 746 g/mol. The van der Waals surface area contributed by atoms with Crippen LogP contribution < -0.4 is 11.1 Å². The summed E-state index contributed by atoms with van der Waals surface area (Å²) in [5, 5.41) is 19.2. The molecule has 4 aliphatic rings. The van der Waals surface area contributed by atoms with Crippen molar-refractivity contribution >= 4 is 28.5 Å². The van der Waals surface area contributed by atoms with Crippen LogP contribution in [0.3, 0.4) is 0 Å². The van der Waals surface area contributed by atoms with Crippen molar-refractivity contribution in [1.82, 2.24) is 30.0 Å². The van der Waals surface area contributed by atoms with E-state index in [1.54, 1.807) is 18.3 Å². The lowest BCUT2D eigenvalue weighted by atomic mass is 9.49. The summed E-state index contributed by atoms with van der Waals surface area (Å²) in [7, 11) is 0. The average Bonchev–Trinajstić information content (AvgIpc) is 3.88. The van der Waals surface area contributed by atoms with Gasteiger partial charge in [0.05, 0.1) is 0 Å². The van der Waals surface area contributed by atoms with Crippen LogP contribution >= 0.6 is 0 Å². The maximum atomic E-state index is 14.6. The Morgan fingerprint density at radius 3 is 2.47 bits per heavy atom. The minimum Gasteiger partial charge on any atom is -0.508 e. The number of hydrogen-bond acceptors (Lipinski definition) is 8. The summed E-state index contributed by atoms with van der Waals surface area (Å²) in [6, 6.07) is 11.0. The van der Waals surface area contributed by atoms with Crippen LogP contribution in [0.4, 0.5) is 5.95 Å². The van der Waals surface area contributed by atoms with Gasteiger partial charge in [0.25, 0.3) is 0 Å². The third kappa shape index (κ3) is 8.07. The fraction of sp³-hybridized carbons (Fsp3) is 0.523. The highest BCUT2D eigenvalue weighted by atomic mass is 16.5. The highest BCUT2D eigenvalue weighted by Gasteiger charge is 2.51. The van der Waals surface area contributed by atoms with Gasteiger partial charge in [-0.3, -0.25) is 9.59 Å². The summed E-state index contributed by atoms with van der Waals surface area (Å²) < 4.78 is 7.94. The van der Waals surface area contributed by atoms with E-state index in [9.17, 15) is 14.7 Å². The van der Waals surface area contributed by atoms with Crippen LogP contribution in [-0.4, -0.2) is 41.5 Å². The number of nitrogens with one attached hydrogen (secondary N) is 2. The summed E-state index contributed by atoms with van der Waals surface area (Å²) in [6.07, 6.45) is 16.5. The van der Waals surface area contributed by atoms with E-state index in [1.165, 1.54) is 38.5 Å². The van der Waals surface area contributed by atoms with Gasteiger partial charge >= 0.3 is 0 Å². The Bertz CT molecular complexity index is 2100. The van der Waals surface area contributed by atoms with Crippen molar-refractivity contribution in [3.63, 3.8) is 0 Å². The second-order valence-corrected chi connectivity index (χ2v) is 17.4. The second-order valence-electron chi connectivity index (χ2n) is 17.4. The number of aromatic hydroxyl groups is 1. The van der Waals surface area contributed by atoms with Gasteiger partial charge in [0.1, 0.15) is 17.6 Å². The number of aromatic amines is 1.